The van der Waals surface area contributed by atoms with Crippen molar-refractivity contribution >= 4 is 40.8 Å². The monoisotopic (exact) mass is 504 g/mol. The second-order valence-electron chi connectivity index (χ2n) is 7.03. The van der Waals surface area contributed by atoms with Crippen LogP contribution in [0, 0.1) is 11.7 Å². The normalized spacial score (nSPS) is 15.3. The third kappa shape index (κ3) is 7.21. The minimum absolute atomic E-state index is 0. The first-order valence-corrected chi connectivity index (χ1v) is 9.69. The minimum atomic E-state index is -0.595. The first kappa shape index (κ1) is 22.9. The van der Waals surface area contributed by atoms with Crippen LogP contribution in [-0.2, 0) is 11.2 Å². The van der Waals surface area contributed by atoms with Crippen molar-refractivity contribution in [2.45, 2.75) is 32.3 Å². The number of rotatable bonds is 10. The number of aromatic amines is 1. The molecule has 1 aliphatic carbocycles. The van der Waals surface area contributed by atoms with Gasteiger partial charge >= 0.3 is 0 Å². The topological polar surface area (TPSA) is 81.7 Å². The maximum Gasteiger partial charge on any atom is 0.191 e. The molecule has 1 unspecified atom stereocenters. The highest BCUT2D eigenvalue weighted by molar-refractivity contribution is 14.0. The molecule has 1 aromatic heterocycles. The number of halogens is 2. The lowest BCUT2D eigenvalue weighted by molar-refractivity contribution is 0.0368. The van der Waals surface area contributed by atoms with Gasteiger partial charge in [-0.15, -0.1) is 24.0 Å². The number of nitrogens with zero attached hydrogens (tertiary/aromatic N) is 1. The Morgan fingerprint density at radius 2 is 2.21 bits per heavy atom. The summed E-state index contributed by atoms with van der Waals surface area (Å²) < 4.78 is 18.8. The highest BCUT2D eigenvalue weighted by Gasteiger charge is 2.21. The van der Waals surface area contributed by atoms with Gasteiger partial charge in [-0.2, -0.15) is 0 Å². The van der Waals surface area contributed by atoms with Crippen molar-refractivity contribution in [2.75, 3.05) is 32.8 Å². The number of hydrogen-bond donors (Lipinski definition) is 4. The summed E-state index contributed by atoms with van der Waals surface area (Å²) in [4.78, 5) is 7.53. The van der Waals surface area contributed by atoms with E-state index in [1.54, 1.807) is 6.07 Å². The van der Waals surface area contributed by atoms with Gasteiger partial charge in [-0.3, -0.25) is 4.99 Å². The van der Waals surface area contributed by atoms with Crippen molar-refractivity contribution < 1.29 is 14.2 Å². The van der Waals surface area contributed by atoms with Gasteiger partial charge in [0.1, 0.15) is 5.82 Å². The number of aromatic nitrogens is 1. The molecule has 2 aromatic rings. The molecule has 1 fully saturated rings. The Labute approximate surface area is 182 Å². The molecule has 1 saturated carbocycles. The van der Waals surface area contributed by atoms with Crippen molar-refractivity contribution in [3.63, 3.8) is 0 Å². The molecule has 0 amide bonds. The standard InChI is InChI=1S/C20H29FN4O2.HI/c1-2-22-20(25-11-17(26)13-27-12-14-3-4-14)23-8-7-15-10-24-19-9-16(21)5-6-18(15)19;/h5-6,9-10,14,17,24,26H,2-4,7-8,11-13H2,1H3,(H2,22,23,25);1H. The lowest BCUT2D eigenvalue weighted by Gasteiger charge is -2.13. The summed E-state index contributed by atoms with van der Waals surface area (Å²) in [6.45, 7) is 4.79. The van der Waals surface area contributed by atoms with Gasteiger partial charge in [-0.1, -0.05) is 0 Å². The van der Waals surface area contributed by atoms with Gasteiger partial charge in [-0.25, -0.2) is 4.39 Å². The molecule has 0 radical (unpaired) electrons. The zero-order valence-electron chi connectivity index (χ0n) is 16.2. The fraction of sp³-hybridized carbons (Fsp3) is 0.550. The molecule has 156 valence electrons. The number of H-pyrrole nitrogens is 1. The third-order valence-electron chi connectivity index (χ3n) is 4.58. The summed E-state index contributed by atoms with van der Waals surface area (Å²) in [6, 6.07) is 4.78. The molecule has 1 aliphatic rings. The summed E-state index contributed by atoms with van der Waals surface area (Å²) in [5.74, 6) is 1.13. The van der Waals surface area contributed by atoms with Gasteiger partial charge in [0.05, 0.1) is 19.3 Å². The Hall–Kier alpha value is -1.39. The second kappa shape index (κ2) is 11.6. The molecule has 6 nitrogen and oxygen atoms in total. The van der Waals surface area contributed by atoms with Crippen LogP contribution in [0.2, 0.25) is 0 Å². The van der Waals surface area contributed by atoms with Gasteiger partial charge in [0, 0.05) is 36.8 Å². The number of aliphatic hydroxyl groups excluding tert-OH is 1. The predicted molar refractivity (Wildman–Crippen MR) is 121 cm³/mol. The largest absolute Gasteiger partial charge is 0.389 e. The number of benzene rings is 1. The average molecular weight is 504 g/mol. The number of fused-ring (bicyclic) bond motifs is 1. The van der Waals surface area contributed by atoms with Gasteiger partial charge in [0.2, 0.25) is 0 Å². The molecule has 0 aliphatic heterocycles. The number of ether oxygens (including phenoxy) is 1. The van der Waals surface area contributed by atoms with Gasteiger partial charge in [-0.05, 0) is 55.9 Å². The van der Waals surface area contributed by atoms with Crippen molar-refractivity contribution in [3.05, 3.63) is 35.8 Å². The van der Waals surface area contributed by atoms with E-state index in [9.17, 15) is 9.50 Å². The maximum absolute atomic E-state index is 13.3. The van der Waals surface area contributed by atoms with E-state index in [1.165, 1.54) is 25.0 Å². The number of guanidine groups is 1. The maximum atomic E-state index is 13.3. The van der Waals surface area contributed by atoms with E-state index in [2.05, 4.69) is 20.6 Å². The molecular weight excluding hydrogens is 474 g/mol. The zero-order chi connectivity index (χ0) is 19.1. The highest BCUT2D eigenvalue weighted by Crippen LogP contribution is 2.28. The summed E-state index contributed by atoms with van der Waals surface area (Å²) in [7, 11) is 0. The molecule has 0 bridgehead atoms. The van der Waals surface area contributed by atoms with E-state index in [0.717, 1.165) is 36.0 Å². The molecular formula is C20H30FIN4O2. The number of hydrogen-bond acceptors (Lipinski definition) is 3. The lowest BCUT2D eigenvalue weighted by Crippen LogP contribution is -2.39. The Morgan fingerprint density at radius 1 is 1.39 bits per heavy atom. The average Bonchev–Trinajstić information content (AvgIpc) is 3.39. The number of aliphatic imine (C=N–C) groups is 1. The van der Waals surface area contributed by atoms with Crippen LogP contribution >= 0.6 is 24.0 Å². The minimum Gasteiger partial charge on any atom is -0.389 e. The Bertz CT molecular complexity index is 764. The van der Waals surface area contributed by atoms with E-state index >= 15 is 0 Å². The molecule has 0 spiro atoms. The first-order valence-electron chi connectivity index (χ1n) is 9.69. The Kier molecular flexibility index (Phi) is 9.46. The van der Waals surface area contributed by atoms with E-state index < -0.39 is 6.10 Å². The molecule has 0 saturated heterocycles. The smallest absolute Gasteiger partial charge is 0.191 e. The summed E-state index contributed by atoms with van der Waals surface area (Å²) in [5.41, 5.74) is 1.93. The van der Waals surface area contributed by atoms with E-state index in [-0.39, 0.29) is 29.8 Å². The fourth-order valence-electron chi connectivity index (χ4n) is 2.93. The number of nitrogens with one attached hydrogen (secondary N) is 3. The predicted octanol–water partition coefficient (Wildman–Crippen LogP) is 2.81. The van der Waals surface area contributed by atoms with Gasteiger partial charge in [0.25, 0.3) is 0 Å². The van der Waals surface area contributed by atoms with Crippen LogP contribution in [0.3, 0.4) is 0 Å². The molecule has 3 rings (SSSR count). The second-order valence-corrected chi connectivity index (χ2v) is 7.03. The fourth-order valence-corrected chi connectivity index (χ4v) is 2.93. The first-order chi connectivity index (χ1) is 13.2. The Balaban J connectivity index is 0.00000280. The van der Waals surface area contributed by atoms with Crippen LogP contribution in [0.1, 0.15) is 25.3 Å². The van der Waals surface area contributed by atoms with Crippen LogP contribution in [0.4, 0.5) is 4.39 Å². The molecule has 1 heterocycles. The van der Waals surface area contributed by atoms with Crippen LogP contribution in [0.25, 0.3) is 10.9 Å². The summed E-state index contributed by atoms with van der Waals surface area (Å²) >= 11 is 0. The summed E-state index contributed by atoms with van der Waals surface area (Å²) in [6.07, 6.45) is 4.59. The van der Waals surface area contributed by atoms with Crippen molar-refractivity contribution in [2.24, 2.45) is 10.9 Å². The molecule has 1 atom stereocenters. The van der Waals surface area contributed by atoms with Crippen molar-refractivity contribution in [1.82, 2.24) is 15.6 Å². The summed E-state index contributed by atoms with van der Waals surface area (Å²) in [5, 5.41) is 17.5. The quantitative estimate of drug-likeness (QED) is 0.228. The number of aliphatic hydroxyl groups is 1. The highest BCUT2D eigenvalue weighted by atomic mass is 127. The lowest BCUT2D eigenvalue weighted by atomic mass is 10.1. The van der Waals surface area contributed by atoms with E-state index in [0.29, 0.717) is 31.6 Å². The molecule has 8 heteroatoms. The van der Waals surface area contributed by atoms with Crippen LogP contribution in [0.5, 0.6) is 0 Å². The van der Waals surface area contributed by atoms with Crippen molar-refractivity contribution in [1.29, 1.82) is 0 Å². The Morgan fingerprint density at radius 3 is 2.96 bits per heavy atom. The van der Waals surface area contributed by atoms with Gasteiger partial charge < -0.3 is 25.5 Å². The van der Waals surface area contributed by atoms with Gasteiger partial charge in [0.15, 0.2) is 5.96 Å². The third-order valence-corrected chi connectivity index (χ3v) is 4.58. The molecule has 28 heavy (non-hydrogen) atoms. The molecule has 4 N–H and O–H groups in total. The molecule has 1 aromatic carbocycles. The van der Waals surface area contributed by atoms with E-state index in [4.69, 9.17) is 4.74 Å². The van der Waals surface area contributed by atoms with E-state index in [1.807, 2.05) is 13.1 Å². The van der Waals surface area contributed by atoms with Crippen LogP contribution in [0.15, 0.2) is 29.4 Å². The van der Waals surface area contributed by atoms with Crippen LogP contribution < -0.4 is 10.6 Å². The zero-order valence-corrected chi connectivity index (χ0v) is 18.5. The van der Waals surface area contributed by atoms with Crippen LogP contribution in [-0.4, -0.2) is 55.0 Å². The van der Waals surface area contributed by atoms with Crippen molar-refractivity contribution in [3.8, 4) is 0 Å². The SMILES string of the molecule is CCNC(=NCC(O)COCC1CC1)NCCc1c[nH]c2cc(F)ccc12.I.